The molecule has 4 nitrogen and oxygen atoms in total. The van der Waals surface area contributed by atoms with E-state index in [1.54, 1.807) is 0 Å². The predicted molar refractivity (Wildman–Crippen MR) is 81.0 cm³/mol. The van der Waals surface area contributed by atoms with E-state index < -0.39 is 0 Å². The Morgan fingerprint density at radius 1 is 1.32 bits per heavy atom. The molecule has 0 aliphatic carbocycles. The lowest BCUT2D eigenvalue weighted by atomic mass is 9.84. The van der Waals surface area contributed by atoms with E-state index in [0.29, 0.717) is 17.6 Å². The zero-order valence-electron chi connectivity index (χ0n) is 11.8. The molecule has 0 aromatic heterocycles. The molecule has 3 rings (SSSR count). The summed E-state index contributed by atoms with van der Waals surface area (Å²) in [6.07, 6.45) is 6.28. The molecule has 3 fully saturated rings. The summed E-state index contributed by atoms with van der Waals surface area (Å²) in [4.78, 5) is 14.2. The van der Waals surface area contributed by atoms with Crippen LogP contribution in [0.15, 0.2) is 0 Å². The fraction of sp³-hybridized carbons (Fsp3) is 0.857. The molecule has 0 aromatic carbocycles. The number of amides is 1. The summed E-state index contributed by atoms with van der Waals surface area (Å²) in [6, 6.07) is 0.422. The molecule has 0 spiro atoms. The van der Waals surface area contributed by atoms with Crippen molar-refractivity contribution in [2.75, 3.05) is 19.6 Å². The highest BCUT2D eigenvalue weighted by molar-refractivity contribution is 7.80. The van der Waals surface area contributed by atoms with E-state index in [-0.39, 0.29) is 5.91 Å². The molecule has 5 heteroatoms. The Kier molecular flexibility index (Phi) is 5.58. The number of unbranched alkanes of at least 4 members (excludes halogenated alkanes) is 2. The van der Waals surface area contributed by atoms with Gasteiger partial charge in [-0.05, 0) is 50.5 Å². The summed E-state index contributed by atoms with van der Waals surface area (Å²) >= 11 is 5.24. The molecule has 0 radical (unpaired) electrons. The van der Waals surface area contributed by atoms with Crippen LogP contribution in [0.25, 0.3) is 0 Å². The van der Waals surface area contributed by atoms with Crippen LogP contribution in [0.5, 0.6) is 0 Å². The topological polar surface area (TPSA) is 44.4 Å². The van der Waals surface area contributed by atoms with Crippen LogP contribution in [0, 0.1) is 5.92 Å². The minimum absolute atomic E-state index is 0.0484. The molecule has 2 N–H and O–H groups in total. The van der Waals surface area contributed by atoms with Gasteiger partial charge in [-0.15, -0.1) is 0 Å². The van der Waals surface area contributed by atoms with E-state index in [1.807, 2.05) is 0 Å². The van der Waals surface area contributed by atoms with Gasteiger partial charge in [-0.3, -0.25) is 4.79 Å². The Morgan fingerprint density at radius 3 is 2.63 bits per heavy atom. The largest absolute Gasteiger partial charge is 0.358 e. The van der Waals surface area contributed by atoms with E-state index in [1.165, 1.54) is 25.9 Å². The van der Waals surface area contributed by atoms with Crippen LogP contribution in [-0.4, -0.2) is 41.6 Å². The second-order valence-electron chi connectivity index (χ2n) is 5.72. The van der Waals surface area contributed by atoms with Gasteiger partial charge in [-0.2, -0.15) is 0 Å². The smallest absolute Gasteiger partial charge is 0.226 e. The number of piperidine rings is 3. The van der Waals surface area contributed by atoms with Crippen molar-refractivity contribution in [1.82, 2.24) is 15.5 Å². The Labute approximate surface area is 121 Å². The summed E-state index contributed by atoms with van der Waals surface area (Å²) in [7, 11) is 0. The first-order valence-corrected chi connectivity index (χ1v) is 7.92. The quantitative estimate of drug-likeness (QED) is 0.595. The van der Waals surface area contributed by atoms with Gasteiger partial charge in [0.25, 0.3) is 0 Å². The molecule has 3 aliphatic rings. The van der Waals surface area contributed by atoms with Crippen molar-refractivity contribution in [3.63, 3.8) is 0 Å². The van der Waals surface area contributed by atoms with Gasteiger partial charge < -0.3 is 15.5 Å². The lowest BCUT2D eigenvalue weighted by molar-refractivity contribution is -0.119. The lowest BCUT2D eigenvalue weighted by Gasteiger charge is -2.45. The SMILES string of the molecule is CCCCCC(=O)NC(=S)NC1CN2CCC1CC2. The van der Waals surface area contributed by atoms with Crippen molar-refractivity contribution in [2.45, 2.75) is 51.5 Å². The maximum atomic E-state index is 11.7. The first-order chi connectivity index (χ1) is 9.19. The maximum absolute atomic E-state index is 11.7. The highest BCUT2D eigenvalue weighted by atomic mass is 32.1. The summed E-state index contributed by atoms with van der Waals surface area (Å²) in [5.41, 5.74) is 0. The second kappa shape index (κ2) is 7.20. The summed E-state index contributed by atoms with van der Waals surface area (Å²) in [6.45, 7) is 5.64. The summed E-state index contributed by atoms with van der Waals surface area (Å²) in [5.74, 6) is 0.771. The Bertz CT molecular complexity index is 327. The van der Waals surface area contributed by atoms with Crippen molar-refractivity contribution in [3.05, 3.63) is 0 Å². The highest BCUT2D eigenvalue weighted by Crippen LogP contribution is 2.27. The molecule has 0 aromatic rings. The van der Waals surface area contributed by atoms with Crippen LogP contribution in [0.4, 0.5) is 0 Å². The molecule has 2 bridgehead atoms. The van der Waals surface area contributed by atoms with Crippen LogP contribution in [0.3, 0.4) is 0 Å². The fourth-order valence-electron chi connectivity index (χ4n) is 3.06. The molecule has 1 amide bonds. The van der Waals surface area contributed by atoms with Crippen molar-refractivity contribution in [3.8, 4) is 0 Å². The number of carbonyl (C=O) groups is 1. The van der Waals surface area contributed by atoms with Crippen molar-refractivity contribution < 1.29 is 4.79 Å². The van der Waals surface area contributed by atoms with E-state index >= 15 is 0 Å². The third-order valence-electron chi connectivity index (χ3n) is 4.23. The number of fused-ring (bicyclic) bond motifs is 3. The molecule has 3 heterocycles. The van der Waals surface area contributed by atoms with E-state index in [2.05, 4.69) is 22.5 Å². The minimum atomic E-state index is 0.0484. The van der Waals surface area contributed by atoms with E-state index in [0.717, 1.165) is 31.7 Å². The lowest BCUT2D eigenvalue weighted by Crippen LogP contribution is -2.59. The van der Waals surface area contributed by atoms with Crippen LogP contribution in [0.1, 0.15) is 45.4 Å². The molecule has 0 saturated carbocycles. The van der Waals surface area contributed by atoms with Crippen LogP contribution in [-0.2, 0) is 4.79 Å². The molecular weight excluding hydrogens is 258 g/mol. The number of nitrogens with one attached hydrogen (secondary N) is 2. The first-order valence-electron chi connectivity index (χ1n) is 7.51. The summed E-state index contributed by atoms with van der Waals surface area (Å²) in [5, 5.41) is 6.65. The number of carbonyl (C=O) groups excluding carboxylic acids is 1. The second-order valence-corrected chi connectivity index (χ2v) is 6.13. The highest BCUT2D eigenvalue weighted by Gasteiger charge is 2.34. The Hall–Kier alpha value is -0.680. The summed E-state index contributed by atoms with van der Waals surface area (Å²) < 4.78 is 0. The normalized spacial score (nSPS) is 29.0. The Morgan fingerprint density at radius 2 is 2.05 bits per heavy atom. The zero-order chi connectivity index (χ0) is 13.7. The third kappa shape index (κ3) is 4.42. The van der Waals surface area contributed by atoms with Gasteiger partial charge in [0.2, 0.25) is 5.91 Å². The minimum Gasteiger partial charge on any atom is -0.358 e. The predicted octanol–water partition coefficient (Wildman–Crippen LogP) is 1.65. The molecule has 19 heavy (non-hydrogen) atoms. The van der Waals surface area contributed by atoms with Gasteiger partial charge in [0.05, 0.1) is 0 Å². The van der Waals surface area contributed by atoms with Gasteiger partial charge in [0.15, 0.2) is 5.11 Å². The number of hydrogen-bond acceptors (Lipinski definition) is 3. The van der Waals surface area contributed by atoms with Crippen molar-refractivity contribution in [2.24, 2.45) is 5.92 Å². The molecule has 3 saturated heterocycles. The average Bonchev–Trinajstić information content (AvgIpc) is 2.40. The van der Waals surface area contributed by atoms with Crippen LogP contribution in [0.2, 0.25) is 0 Å². The van der Waals surface area contributed by atoms with Crippen molar-refractivity contribution in [1.29, 1.82) is 0 Å². The average molecular weight is 283 g/mol. The van der Waals surface area contributed by atoms with Crippen molar-refractivity contribution >= 4 is 23.2 Å². The van der Waals surface area contributed by atoms with Crippen LogP contribution < -0.4 is 10.6 Å². The third-order valence-corrected chi connectivity index (χ3v) is 4.45. The molecule has 108 valence electrons. The number of rotatable bonds is 5. The first kappa shape index (κ1) is 14.7. The number of nitrogens with zero attached hydrogens (tertiary/aromatic N) is 1. The van der Waals surface area contributed by atoms with Gasteiger partial charge in [0, 0.05) is 19.0 Å². The van der Waals surface area contributed by atoms with Gasteiger partial charge in [-0.25, -0.2) is 0 Å². The molecule has 1 unspecified atom stereocenters. The van der Waals surface area contributed by atoms with Gasteiger partial charge in [-0.1, -0.05) is 19.8 Å². The van der Waals surface area contributed by atoms with Crippen LogP contribution >= 0.6 is 12.2 Å². The fourth-order valence-corrected chi connectivity index (χ4v) is 3.32. The number of thiocarbonyl (C=S) groups is 1. The van der Waals surface area contributed by atoms with E-state index in [9.17, 15) is 4.79 Å². The maximum Gasteiger partial charge on any atom is 0.226 e. The molecule has 1 atom stereocenters. The van der Waals surface area contributed by atoms with E-state index in [4.69, 9.17) is 12.2 Å². The molecule has 3 aliphatic heterocycles. The monoisotopic (exact) mass is 283 g/mol. The Balaban J connectivity index is 1.68. The zero-order valence-corrected chi connectivity index (χ0v) is 12.6. The van der Waals surface area contributed by atoms with Gasteiger partial charge >= 0.3 is 0 Å². The molecular formula is C14H25N3OS. The van der Waals surface area contributed by atoms with Gasteiger partial charge in [0.1, 0.15) is 0 Å². The standard InChI is InChI=1S/C14H25N3OS/c1-2-3-4-5-13(18)16-14(19)15-12-10-17-8-6-11(12)7-9-17/h11-12H,2-10H2,1H3,(H2,15,16,18,19). The number of hydrogen-bond donors (Lipinski definition) is 2.